The van der Waals surface area contributed by atoms with Crippen LogP contribution in [0.5, 0.6) is 0 Å². The second-order valence-electron chi connectivity index (χ2n) is 3.19. The number of halogens is 2. The standard InChI is InChI=1S/C9H12ClIN2O2S/c10-8-6-7(11)2-3-9(8)13-16(14,15)5-1-4-12/h2-3,6,13H,1,4-5,12H2. The summed E-state index contributed by atoms with van der Waals surface area (Å²) in [6.45, 7) is 0.349. The van der Waals surface area contributed by atoms with Gasteiger partial charge in [-0.25, -0.2) is 8.42 Å². The Balaban J connectivity index is 2.80. The zero-order valence-corrected chi connectivity index (χ0v) is 12.1. The molecule has 0 unspecified atom stereocenters. The fraction of sp³-hybridized carbons (Fsp3) is 0.333. The van der Waals surface area contributed by atoms with Crippen molar-refractivity contribution in [2.75, 3.05) is 17.0 Å². The molecule has 0 heterocycles. The molecule has 0 aromatic heterocycles. The van der Waals surface area contributed by atoms with Crippen LogP contribution in [0.2, 0.25) is 5.02 Å². The van der Waals surface area contributed by atoms with Crippen LogP contribution < -0.4 is 10.5 Å². The van der Waals surface area contributed by atoms with E-state index in [0.29, 0.717) is 23.7 Å². The fourth-order valence-electron chi connectivity index (χ4n) is 1.06. The Bertz CT molecular complexity index is 465. The second-order valence-corrected chi connectivity index (χ2v) is 6.68. The van der Waals surface area contributed by atoms with Gasteiger partial charge in [-0.2, -0.15) is 0 Å². The number of rotatable bonds is 5. The number of nitrogens with one attached hydrogen (secondary N) is 1. The summed E-state index contributed by atoms with van der Waals surface area (Å²) in [5, 5.41) is 0.392. The van der Waals surface area contributed by atoms with E-state index in [1.54, 1.807) is 18.2 Å². The SMILES string of the molecule is NCCCS(=O)(=O)Nc1ccc(I)cc1Cl. The Labute approximate surface area is 114 Å². The van der Waals surface area contributed by atoms with Crippen molar-refractivity contribution in [1.29, 1.82) is 0 Å². The molecule has 3 N–H and O–H groups in total. The number of benzene rings is 1. The van der Waals surface area contributed by atoms with Gasteiger partial charge < -0.3 is 5.73 Å². The van der Waals surface area contributed by atoms with Crippen LogP contribution in [0, 0.1) is 3.57 Å². The lowest BCUT2D eigenvalue weighted by atomic mass is 10.3. The highest BCUT2D eigenvalue weighted by Gasteiger charge is 2.11. The first-order valence-corrected chi connectivity index (χ1v) is 7.71. The van der Waals surface area contributed by atoms with Crippen molar-refractivity contribution in [2.24, 2.45) is 5.73 Å². The highest BCUT2D eigenvalue weighted by molar-refractivity contribution is 14.1. The van der Waals surface area contributed by atoms with E-state index in [9.17, 15) is 8.42 Å². The predicted octanol–water partition coefficient (Wildman–Crippen LogP) is 2.04. The van der Waals surface area contributed by atoms with Gasteiger partial charge in [-0.15, -0.1) is 0 Å². The maximum absolute atomic E-state index is 11.6. The van der Waals surface area contributed by atoms with Crippen molar-refractivity contribution >= 4 is 49.9 Å². The van der Waals surface area contributed by atoms with Gasteiger partial charge in [0, 0.05) is 3.57 Å². The summed E-state index contributed by atoms with van der Waals surface area (Å²) in [6, 6.07) is 5.13. The Hall–Kier alpha value is -0.0500. The van der Waals surface area contributed by atoms with E-state index in [1.807, 2.05) is 0 Å². The van der Waals surface area contributed by atoms with Crippen LogP contribution in [0.15, 0.2) is 18.2 Å². The molecule has 0 radical (unpaired) electrons. The zero-order chi connectivity index (χ0) is 12.2. The molecule has 0 spiro atoms. The first kappa shape index (κ1) is 14.0. The summed E-state index contributed by atoms with van der Waals surface area (Å²) in [5.41, 5.74) is 5.66. The summed E-state index contributed by atoms with van der Waals surface area (Å²) in [6.07, 6.45) is 0.428. The van der Waals surface area contributed by atoms with E-state index in [1.165, 1.54) is 0 Å². The van der Waals surface area contributed by atoms with Crippen LogP contribution in [-0.2, 0) is 10.0 Å². The van der Waals surface area contributed by atoms with Crippen LogP contribution in [0.3, 0.4) is 0 Å². The largest absolute Gasteiger partial charge is 0.330 e. The van der Waals surface area contributed by atoms with Crippen LogP contribution in [-0.4, -0.2) is 20.7 Å². The minimum Gasteiger partial charge on any atom is -0.330 e. The Kier molecular flexibility index (Phi) is 5.29. The highest BCUT2D eigenvalue weighted by Crippen LogP contribution is 2.24. The Morgan fingerprint density at radius 2 is 2.12 bits per heavy atom. The van der Waals surface area contributed by atoms with Crippen LogP contribution in [0.1, 0.15) is 6.42 Å². The van der Waals surface area contributed by atoms with Crippen molar-refractivity contribution in [1.82, 2.24) is 0 Å². The molecule has 90 valence electrons. The van der Waals surface area contributed by atoms with Crippen molar-refractivity contribution in [3.8, 4) is 0 Å². The summed E-state index contributed by atoms with van der Waals surface area (Å²) < 4.78 is 26.5. The normalized spacial score (nSPS) is 11.4. The van der Waals surface area contributed by atoms with Gasteiger partial charge in [0.2, 0.25) is 10.0 Å². The van der Waals surface area contributed by atoms with Crippen molar-refractivity contribution < 1.29 is 8.42 Å². The van der Waals surface area contributed by atoms with Gasteiger partial charge in [0.05, 0.1) is 16.5 Å². The number of sulfonamides is 1. The van der Waals surface area contributed by atoms with Crippen LogP contribution in [0.4, 0.5) is 5.69 Å². The van der Waals surface area contributed by atoms with E-state index in [0.717, 1.165) is 3.57 Å². The molecule has 0 saturated carbocycles. The number of anilines is 1. The average Bonchev–Trinajstić information content (AvgIpc) is 2.19. The monoisotopic (exact) mass is 374 g/mol. The van der Waals surface area contributed by atoms with Gasteiger partial charge in [0.25, 0.3) is 0 Å². The van der Waals surface area contributed by atoms with Gasteiger partial charge >= 0.3 is 0 Å². The Morgan fingerprint density at radius 1 is 1.44 bits per heavy atom. The van der Waals surface area contributed by atoms with Crippen molar-refractivity contribution in [2.45, 2.75) is 6.42 Å². The Morgan fingerprint density at radius 3 is 2.69 bits per heavy atom. The summed E-state index contributed by atoms with van der Waals surface area (Å²) in [4.78, 5) is 0. The zero-order valence-electron chi connectivity index (χ0n) is 8.41. The van der Waals surface area contributed by atoms with Crippen molar-refractivity contribution in [3.63, 3.8) is 0 Å². The first-order chi connectivity index (χ1) is 7.44. The maximum Gasteiger partial charge on any atom is 0.232 e. The summed E-state index contributed by atoms with van der Waals surface area (Å²) in [7, 11) is -3.35. The van der Waals surface area contributed by atoms with Gasteiger partial charge in [0.15, 0.2) is 0 Å². The molecule has 0 fully saturated rings. The van der Waals surface area contributed by atoms with Gasteiger partial charge in [-0.3, -0.25) is 4.72 Å². The third kappa shape index (κ3) is 4.44. The van der Waals surface area contributed by atoms with E-state index in [4.69, 9.17) is 17.3 Å². The number of hydrogen-bond acceptors (Lipinski definition) is 3. The van der Waals surface area contributed by atoms with E-state index in [-0.39, 0.29) is 5.75 Å². The molecule has 0 bridgehead atoms. The molecule has 4 nitrogen and oxygen atoms in total. The summed E-state index contributed by atoms with van der Waals surface area (Å²) >= 11 is 8.02. The van der Waals surface area contributed by atoms with Gasteiger partial charge in [-0.05, 0) is 53.8 Å². The van der Waals surface area contributed by atoms with Crippen LogP contribution in [0.25, 0.3) is 0 Å². The molecule has 0 amide bonds. The quantitative estimate of drug-likeness (QED) is 0.775. The number of hydrogen-bond donors (Lipinski definition) is 2. The lowest BCUT2D eigenvalue weighted by Gasteiger charge is -2.09. The topological polar surface area (TPSA) is 72.2 Å². The van der Waals surface area contributed by atoms with Crippen molar-refractivity contribution in [3.05, 3.63) is 26.8 Å². The lowest BCUT2D eigenvalue weighted by molar-refractivity contribution is 0.599. The smallest absolute Gasteiger partial charge is 0.232 e. The molecule has 0 saturated heterocycles. The van der Waals surface area contributed by atoms with E-state index >= 15 is 0 Å². The molecule has 1 rings (SSSR count). The molecule has 16 heavy (non-hydrogen) atoms. The lowest BCUT2D eigenvalue weighted by Crippen LogP contribution is -2.19. The summed E-state index contributed by atoms with van der Waals surface area (Å²) in [5.74, 6) is 0.00577. The van der Waals surface area contributed by atoms with Gasteiger partial charge in [0.1, 0.15) is 0 Å². The molecular formula is C9H12ClIN2O2S. The van der Waals surface area contributed by atoms with E-state index < -0.39 is 10.0 Å². The molecule has 0 aliphatic heterocycles. The van der Waals surface area contributed by atoms with E-state index in [2.05, 4.69) is 27.3 Å². The molecule has 1 aromatic carbocycles. The second kappa shape index (κ2) is 6.04. The molecule has 0 atom stereocenters. The first-order valence-electron chi connectivity index (χ1n) is 4.60. The molecule has 1 aromatic rings. The highest BCUT2D eigenvalue weighted by atomic mass is 127. The average molecular weight is 375 g/mol. The van der Waals surface area contributed by atoms with Crippen LogP contribution >= 0.6 is 34.2 Å². The van der Waals surface area contributed by atoms with Gasteiger partial charge in [-0.1, -0.05) is 11.6 Å². The predicted molar refractivity (Wildman–Crippen MR) is 75.2 cm³/mol. The third-order valence-electron chi connectivity index (χ3n) is 1.81. The molecule has 7 heteroatoms. The molecular weight excluding hydrogens is 363 g/mol. The maximum atomic E-state index is 11.6. The minimum atomic E-state index is -3.35. The third-order valence-corrected chi connectivity index (χ3v) is 4.15. The fourth-order valence-corrected chi connectivity index (χ4v) is 3.19. The number of nitrogens with two attached hydrogens (primary N) is 1. The minimum absolute atomic E-state index is 0.00577. The molecule has 0 aliphatic carbocycles. The molecule has 0 aliphatic rings.